The molecular weight excluding hydrogens is 643 g/mol. The van der Waals surface area contributed by atoms with Crippen LogP contribution in [0.3, 0.4) is 0 Å². The number of carbonyl (C=O) groups is 2. The number of benzene rings is 2. The summed E-state index contributed by atoms with van der Waals surface area (Å²) in [6, 6.07) is 15.2. The number of anilines is 2. The molecule has 8 nitrogen and oxygen atoms in total. The molecular formula is C41H51N5O3S. The third-order valence-corrected chi connectivity index (χ3v) is 11.3. The third kappa shape index (κ3) is 8.20. The minimum atomic E-state index is -0.612. The number of hydrogen-bond donors (Lipinski definition) is 2. The Morgan fingerprint density at radius 1 is 1.18 bits per heavy atom. The van der Waals surface area contributed by atoms with Gasteiger partial charge in [-0.3, -0.25) is 14.6 Å². The Kier molecular flexibility index (Phi) is 12.3. The Bertz CT molecular complexity index is 1760. The van der Waals surface area contributed by atoms with Crippen molar-refractivity contribution in [3.63, 3.8) is 0 Å². The second-order valence-corrected chi connectivity index (χ2v) is 14.8. The van der Waals surface area contributed by atoms with Crippen molar-refractivity contribution in [2.75, 3.05) is 29.9 Å². The van der Waals surface area contributed by atoms with E-state index in [4.69, 9.17) is 4.74 Å². The Labute approximate surface area is 302 Å². The maximum atomic E-state index is 14.2. The van der Waals surface area contributed by atoms with E-state index in [1.807, 2.05) is 50.3 Å². The van der Waals surface area contributed by atoms with Gasteiger partial charge in [0, 0.05) is 22.7 Å². The summed E-state index contributed by atoms with van der Waals surface area (Å²) in [6.07, 6.45) is 7.72. The quantitative estimate of drug-likeness (QED) is 0.228. The smallest absolute Gasteiger partial charge is 0.327 e. The molecule has 0 radical (unpaired) electrons. The number of aryl methyl sites for hydroxylation is 1. The SMILES string of the molecule is C/C=C(/C#N)C1=C2C(=C(C)CC)SC(C(=O)Nc3ccc(CN4CCC(C)CC4)cc3)=CC2NC(=O)N1c1cccc(C)c1OCC(C)CC. The molecule has 50 heavy (non-hydrogen) atoms. The molecule has 9 heteroatoms. The van der Waals surface area contributed by atoms with E-state index in [-0.39, 0.29) is 5.91 Å². The lowest BCUT2D eigenvalue weighted by atomic mass is 9.92. The molecule has 1 saturated heterocycles. The highest BCUT2D eigenvalue weighted by Crippen LogP contribution is 2.48. The van der Waals surface area contributed by atoms with Crippen molar-refractivity contribution in [2.45, 2.75) is 86.7 Å². The van der Waals surface area contributed by atoms with Crippen molar-refractivity contribution in [3.05, 3.63) is 98.0 Å². The number of nitrogens with zero attached hydrogens (tertiary/aromatic N) is 3. The number of rotatable bonds is 11. The van der Waals surface area contributed by atoms with E-state index < -0.39 is 12.1 Å². The van der Waals surface area contributed by atoms with Crippen molar-refractivity contribution >= 4 is 35.1 Å². The molecule has 2 N–H and O–H groups in total. The van der Waals surface area contributed by atoms with Crippen LogP contribution in [0.5, 0.6) is 5.75 Å². The molecule has 2 aromatic carbocycles. The molecule has 5 rings (SSSR count). The molecule has 2 unspecified atom stereocenters. The number of amides is 3. The van der Waals surface area contributed by atoms with E-state index in [9.17, 15) is 14.9 Å². The van der Waals surface area contributed by atoms with Crippen molar-refractivity contribution in [1.82, 2.24) is 10.2 Å². The van der Waals surface area contributed by atoms with Gasteiger partial charge in [-0.05, 0) is 100 Å². The Hall–Kier alpha value is -4.26. The molecule has 1 fully saturated rings. The first-order chi connectivity index (χ1) is 24.1. The molecule has 0 spiro atoms. The predicted molar refractivity (Wildman–Crippen MR) is 205 cm³/mol. The molecule has 2 atom stereocenters. The maximum Gasteiger partial charge on any atom is 0.327 e. The van der Waals surface area contributed by atoms with Crippen LogP contribution in [-0.4, -0.2) is 42.6 Å². The summed E-state index contributed by atoms with van der Waals surface area (Å²) in [5, 5.41) is 16.7. The van der Waals surface area contributed by atoms with Crippen molar-refractivity contribution in [3.8, 4) is 11.8 Å². The molecule has 3 aliphatic rings. The standard InChI is InChI=1S/C41H51N5O3S/c1-8-26(4)25-49-38-29(7)12-11-13-34(38)46-37(31(10-3)23-42)36-33(44-41(46)48)22-35(50-39(36)28(6)9-2)40(47)43-32-16-14-30(15-17-32)24-45-20-18-27(5)19-21-45/h10-17,22,26-27,33H,8-9,18-21,24-25H2,1-7H3,(H,43,47)(H,44,48)/b31-10-,39-28?. The Morgan fingerprint density at radius 2 is 1.90 bits per heavy atom. The zero-order chi connectivity index (χ0) is 35.9. The van der Waals surface area contributed by atoms with Crippen molar-refractivity contribution in [1.29, 1.82) is 5.26 Å². The number of thioether (sulfide) groups is 1. The third-order valence-electron chi connectivity index (χ3n) is 9.99. The van der Waals surface area contributed by atoms with Crippen LogP contribution in [-0.2, 0) is 11.3 Å². The van der Waals surface area contributed by atoms with Gasteiger partial charge in [-0.1, -0.05) is 81.8 Å². The average molecular weight is 694 g/mol. The van der Waals surface area contributed by atoms with Gasteiger partial charge in [-0.15, -0.1) is 0 Å². The van der Waals surface area contributed by atoms with Crippen LogP contribution in [0.25, 0.3) is 0 Å². The number of hydrogen-bond acceptors (Lipinski definition) is 6. The molecule has 0 aromatic heterocycles. The van der Waals surface area contributed by atoms with Crippen molar-refractivity contribution < 1.29 is 14.3 Å². The van der Waals surface area contributed by atoms with Crippen LogP contribution < -0.4 is 20.3 Å². The number of para-hydroxylation sites is 1. The molecule has 0 aliphatic carbocycles. The molecule has 264 valence electrons. The minimum absolute atomic E-state index is 0.239. The fraction of sp³-hybridized carbons (Fsp3) is 0.439. The van der Waals surface area contributed by atoms with Gasteiger partial charge in [0.1, 0.15) is 11.8 Å². The Balaban J connectivity index is 1.50. The largest absolute Gasteiger partial charge is 0.491 e. The average Bonchev–Trinajstić information content (AvgIpc) is 3.12. The Morgan fingerprint density at radius 3 is 2.54 bits per heavy atom. The number of likely N-dealkylation sites (tertiary alicyclic amines) is 1. The van der Waals surface area contributed by atoms with E-state index in [0.717, 1.165) is 65.7 Å². The van der Waals surface area contributed by atoms with Crippen LogP contribution in [0.15, 0.2) is 86.8 Å². The van der Waals surface area contributed by atoms with Gasteiger partial charge in [0.25, 0.3) is 5.91 Å². The summed E-state index contributed by atoms with van der Waals surface area (Å²) in [6.45, 7) is 18.1. The van der Waals surface area contributed by atoms with Crippen LogP contribution in [0.4, 0.5) is 16.2 Å². The predicted octanol–water partition coefficient (Wildman–Crippen LogP) is 9.23. The van der Waals surface area contributed by atoms with Gasteiger partial charge < -0.3 is 15.4 Å². The van der Waals surface area contributed by atoms with Gasteiger partial charge in [-0.2, -0.15) is 5.26 Å². The highest BCUT2D eigenvalue weighted by molar-refractivity contribution is 8.08. The number of fused-ring (bicyclic) bond motifs is 1. The number of piperidine rings is 1. The molecule has 0 saturated carbocycles. The van der Waals surface area contributed by atoms with E-state index >= 15 is 0 Å². The highest BCUT2D eigenvalue weighted by atomic mass is 32.2. The maximum absolute atomic E-state index is 14.2. The van der Waals surface area contributed by atoms with Gasteiger partial charge in [0.2, 0.25) is 0 Å². The van der Waals surface area contributed by atoms with Gasteiger partial charge in [0.05, 0.1) is 34.5 Å². The molecule has 3 aliphatic heterocycles. The summed E-state index contributed by atoms with van der Waals surface area (Å²) in [5.41, 5.74) is 6.15. The lowest BCUT2D eigenvalue weighted by Crippen LogP contribution is -2.52. The fourth-order valence-corrected chi connectivity index (χ4v) is 7.64. The fourth-order valence-electron chi connectivity index (χ4n) is 6.42. The number of carbonyl (C=O) groups excluding carboxylic acids is 2. The lowest BCUT2D eigenvalue weighted by Gasteiger charge is -2.40. The van der Waals surface area contributed by atoms with E-state index in [1.165, 1.54) is 30.2 Å². The van der Waals surface area contributed by atoms with Gasteiger partial charge in [0.15, 0.2) is 0 Å². The van der Waals surface area contributed by atoms with Crippen LogP contribution >= 0.6 is 11.8 Å². The van der Waals surface area contributed by atoms with Gasteiger partial charge in [-0.25, -0.2) is 4.79 Å². The number of allylic oxidation sites excluding steroid dienone is 3. The topological polar surface area (TPSA) is 97.7 Å². The van der Waals surface area contributed by atoms with Crippen molar-refractivity contribution in [2.24, 2.45) is 11.8 Å². The summed E-state index contributed by atoms with van der Waals surface area (Å²) in [5.74, 6) is 1.50. The summed E-state index contributed by atoms with van der Waals surface area (Å²) >= 11 is 1.39. The summed E-state index contributed by atoms with van der Waals surface area (Å²) in [4.78, 5) is 33.4. The van der Waals surface area contributed by atoms with E-state index in [1.54, 1.807) is 17.9 Å². The summed E-state index contributed by atoms with van der Waals surface area (Å²) < 4.78 is 6.37. The van der Waals surface area contributed by atoms with Crippen LogP contribution in [0, 0.1) is 30.1 Å². The number of nitrogens with one attached hydrogen (secondary N) is 2. The first kappa shape index (κ1) is 37.0. The number of urea groups is 1. The second kappa shape index (κ2) is 16.6. The van der Waals surface area contributed by atoms with Gasteiger partial charge >= 0.3 is 6.03 Å². The van der Waals surface area contributed by atoms with Crippen LogP contribution in [0.2, 0.25) is 0 Å². The minimum Gasteiger partial charge on any atom is -0.491 e. The molecule has 0 bridgehead atoms. The lowest BCUT2D eigenvalue weighted by molar-refractivity contribution is -0.112. The summed E-state index contributed by atoms with van der Waals surface area (Å²) in [7, 11) is 0. The number of nitriles is 1. The first-order valence-electron chi connectivity index (χ1n) is 17.9. The van der Waals surface area contributed by atoms with Crippen LogP contribution in [0.1, 0.15) is 78.4 Å². The second-order valence-electron chi connectivity index (χ2n) is 13.8. The molecule has 3 heterocycles. The normalized spacial score (nSPS) is 20.4. The molecule has 3 amide bonds. The zero-order valence-corrected chi connectivity index (χ0v) is 31.4. The first-order valence-corrected chi connectivity index (χ1v) is 18.8. The monoisotopic (exact) mass is 693 g/mol. The highest BCUT2D eigenvalue weighted by Gasteiger charge is 2.41. The zero-order valence-electron chi connectivity index (χ0n) is 30.6. The number of ether oxygens (including phenoxy) is 1. The molecule has 2 aromatic rings. The van der Waals surface area contributed by atoms with E-state index in [0.29, 0.717) is 40.1 Å². The van der Waals surface area contributed by atoms with E-state index in [2.05, 4.69) is 61.4 Å².